The molecule has 0 aliphatic heterocycles. The van der Waals surface area contributed by atoms with E-state index in [2.05, 4.69) is 26.1 Å². The Morgan fingerprint density at radius 1 is 1.24 bits per heavy atom. The van der Waals surface area contributed by atoms with E-state index in [1.165, 1.54) is 7.11 Å². The summed E-state index contributed by atoms with van der Waals surface area (Å²) in [4.78, 5) is 0. The first-order chi connectivity index (χ1) is 10.0. The Kier molecular flexibility index (Phi) is 7.68. The largest absolute Gasteiger partial charge is 0.494 e. The number of nitrogens with one attached hydrogen (secondary N) is 1. The van der Waals surface area contributed by atoms with Gasteiger partial charge in [-0.3, -0.25) is 0 Å². The van der Waals surface area contributed by atoms with E-state index in [4.69, 9.17) is 9.47 Å². The maximum absolute atomic E-state index is 14.0. The van der Waals surface area contributed by atoms with Crippen LogP contribution in [0.25, 0.3) is 0 Å². The van der Waals surface area contributed by atoms with Crippen LogP contribution in [0.2, 0.25) is 0 Å². The van der Waals surface area contributed by atoms with Crippen LogP contribution in [-0.4, -0.2) is 26.4 Å². The molecule has 0 amide bonds. The number of hydrogen-bond donors (Lipinski definition) is 1. The molecule has 4 heteroatoms. The SMILES string of the molecule is CCCNC(c1ccc(OC)c(F)c1)C(OCC)C(C)C. The highest BCUT2D eigenvalue weighted by Gasteiger charge is 2.26. The third-order valence-electron chi connectivity index (χ3n) is 3.49. The van der Waals surface area contributed by atoms with Crippen molar-refractivity contribution in [1.29, 1.82) is 0 Å². The molecular weight excluding hydrogens is 269 g/mol. The Bertz CT molecular complexity index is 423. The summed E-state index contributed by atoms with van der Waals surface area (Å²) < 4.78 is 24.9. The summed E-state index contributed by atoms with van der Waals surface area (Å²) in [6.45, 7) is 9.87. The standard InChI is InChI=1S/C17H28FNO2/c1-6-10-19-16(17(12(3)4)21-7-2)13-8-9-15(20-5)14(18)11-13/h8-9,11-12,16-17,19H,6-7,10H2,1-5H3. The van der Waals surface area contributed by atoms with Crippen molar-refractivity contribution in [2.45, 2.75) is 46.3 Å². The molecule has 0 radical (unpaired) electrons. The minimum absolute atomic E-state index is 0.00865. The van der Waals surface area contributed by atoms with Gasteiger partial charge in [0.1, 0.15) is 0 Å². The lowest BCUT2D eigenvalue weighted by Crippen LogP contribution is -2.37. The minimum atomic E-state index is -0.336. The molecule has 1 aromatic rings. The van der Waals surface area contributed by atoms with Crippen LogP contribution in [-0.2, 0) is 4.74 Å². The van der Waals surface area contributed by atoms with Crippen LogP contribution in [0.15, 0.2) is 18.2 Å². The average molecular weight is 297 g/mol. The molecule has 0 aliphatic rings. The summed E-state index contributed by atoms with van der Waals surface area (Å²) in [5, 5.41) is 3.48. The van der Waals surface area contributed by atoms with Gasteiger partial charge in [-0.05, 0) is 43.5 Å². The fourth-order valence-corrected chi connectivity index (χ4v) is 2.47. The number of hydrogen-bond acceptors (Lipinski definition) is 3. The molecule has 1 rings (SSSR count). The van der Waals surface area contributed by atoms with E-state index < -0.39 is 0 Å². The molecule has 0 saturated heterocycles. The Balaban J connectivity index is 3.07. The van der Waals surface area contributed by atoms with Crippen molar-refractivity contribution in [3.8, 4) is 5.75 Å². The molecular formula is C17H28FNO2. The number of methoxy groups -OCH3 is 1. The summed E-state index contributed by atoms with van der Waals surface area (Å²) >= 11 is 0. The van der Waals surface area contributed by atoms with Crippen molar-refractivity contribution in [2.24, 2.45) is 5.92 Å². The molecule has 3 nitrogen and oxygen atoms in total. The third-order valence-corrected chi connectivity index (χ3v) is 3.49. The van der Waals surface area contributed by atoms with Gasteiger partial charge in [-0.2, -0.15) is 0 Å². The summed E-state index contributed by atoms with van der Waals surface area (Å²) in [6.07, 6.45) is 1.03. The van der Waals surface area contributed by atoms with Gasteiger partial charge in [0.2, 0.25) is 0 Å². The second-order valence-electron chi connectivity index (χ2n) is 5.49. The molecule has 0 aromatic heterocycles. The maximum atomic E-state index is 14.0. The van der Waals surface area contributed by atoms with Gasteiger partial charge < -0.3 is 14.8 Å². The highest BCUT2D eigenvalue weighted by Crippen LogP contribution is 2.28. The van der Waals surface area contributed by atoms with E-state index in [1.54, 1.807) is 12.1 Å². The highest BCUT2D eigenvalue weighted by atomic mass is 19.1. The summed E-state index contributed by atoms with van der Waals surface area (Å²) in [5.74, 6) is 0.271. The van der Waals surface area contributed by atoms with Crippen molar-refractivity contribution < 1.29 is 13.9 Å². The Morgan fingerprint density at radius 3 is 2.43 bits per heavy atom. The molecule has 0 fully saturated rings. The van der Waals surface area contributed by atoms with Gasteiger partial charge in [-0.15, -0.1) is 0 Å². The van der Waals surface area contributed by atoms with Gasteiger partial charge >= 0.3 is 0 Å². The first-order valence-corrected chi connectivity index (χ1v) is 7.73. The van der Waals surface area contributed by atoms with E-state index in [1.807, 2.05) is 13.0 Å². The average Bonchev–Trinajstić information content (AvgIpc) is 2.46. The van der Waals surface area contributed by atoms with Crippen molar-refractivity contribution in [2.75, 3.05) is 20.3 Å². The predicted octanol–water partition coefficient (Wildman–Crippen LogP) is 3.94. The normalized spacial score (nSPS) is 14.2. The number of rotatable bonds is 9. The van der Waals surface area contributed by atoms with Gasteiger partial charge in [-0.1, -0.05) is 26.8 Å². The van der Waals surface area contributed by atoms with E-state index in [9.17, 15) is 4.39 Å². The Hall–Kier alpha value is -1.13. The first kappa shape index (κ1) is 17.9. The van der Waals surface area contributed by atoms with Gasteiger partial charge in [0, 0.05) is 6.61 Å². The molecule has 0 bridgehead atoms. The lowest BCUT2D eigenvalue weighted by Gasteiger charge is -2.31. The molecule has 1 aromatic carbocycles. The van der Waals surface area contributed by atoms with Crippen LogP contribution in [0.3, 0.4) is 0 Å². The van der Waals surface area contributed by atoms with Crippen molar-refractivity contribution >= 4 is 0 Å². The second kappa shape index (κ2) is 9.00. The van der Waals surface area contributed by atoms with E-state index >= 15 is 0 Å². The topological polar surface area (TPSA) is 30.5 Å². The summed E-state index contributed by atoms with van der Waals surface area (Å²) in [5.41, 5.74) is 0.897. The molecule has 2 unspecified atom stereocenters. The Labute approximate surface area is 127 Å². The zero-order chi connectivity index (χ0) is 15.8. The molecule has 0 saturated carbocycles. The van der Waals surface area contributed by atoms with Crippen molar-refractivity contribution in [3.63, 3.8) is 0 Å². The lowest BCUT2D eigenvalue weighted by molar-refractivity contribution is 0.00276. The van der Waals surface area contributed by atoms with Crippen molar-refractivity contribution in [3.05, 3.63) is 29.6 Å². The summed E-state index contributed by atoms with van der Waals surface area (Å²) in [7, 11) is 1.47. The third kappa shape index (κ3) is 4.97. The maximum Gasteiger partial charge on any atom is 0.165 e. The van der Waals surface area contributed by atoms with Crippen LogP contribution < -0.4 is 10.1 Å². The van der Waals surface area contributed by atoms with Crippen molar-refractivity contribution in [1.82, 2.24) is 5.32 Å². The lowest BCUT2D eigenvalue weighted by atomic mass is 9.93. The highest BCUT2D eigenvalue weighted by molar-refractivity contribution is 5.31. The van der Waals surface area contributed by atoms with E-state index in [0.29, 0.717) is 12.5 Å². The van der Waals surface area contributed by atoms with Gasteiger partial charge in [0.25, 0.3) is 0 Å². The molecule has 1 N–H and O–H groups in total. The molecule has 0 aliphatic carbocycles. The van der Waals surface area contributed by atoms with Crippen LogP contribution in [0, 0.1) is 11.7 Å². The van der Waals surface area contributed by atoms with E-state index in [-0.39, 0.29) is 23.7 Å². The number of halogens is 1. The zero-order valence-electron chi connectivity index (χ0n) is 13.8. The second-order valence-corrected chi connectivity index (χ2v) is 5.49. The number of benzene rings is 1. The quantitative estimate of drug-likeness (QED) is 0.749. The zero-order valence-corrected chi connectivity index (χ0v) is 13.8. The fraction of sp³-hybridized carbons (Fsp3) is 0.647. The van der Waals surface area contributed by atoms with Gasteiger partial charge in [0.15, 0.2) is 11.6 Å². The van der Waals surface area contributed by atoms with Crippen LogP contribution in [0.1, 0.15) is 45.7 Å². The van der Waals surface area contributed by atoms with Gasteiger partial charge in [0.05, 0.1) is 19.3 Å². The minimum Gasteiger partial charge on any atom is -0.494 e. The fourth-order valence-electron chi connectivity index (χ4n) is 2.47. The molecule has 0 heterocycles. The summed E-state index contributed by atoms with van der Waals surface area (Å²) in [6, 6.07) is 5.10. The van der Waals surface area contributed by atoms with Crippen LogP contribution >= 0.6 is 0 Å². The van der Waals surface area contributed by atoms with E-state index in [0.717, 1.165) is 18.5 Å². The predicted molar refractivity (Wildman–Crippen MR) is 84.2 cm³/mol. The van der Waals surface area contributed by atoms with Crippen LogP contribution in [0.5, 0.6) is 5.75 Å². The molecule has 120 valence electrons. The molecule has 0 spiro atoms. The first-order valence-electron chi connectivity index (χ1n) is 7.73. The monoisotopic (exact) mass is 297 g/mol. The number of ether oxygens (including phenoxy) is 2. The van der Waals surface area contributed by atoms with Gasteiger partial charge in [-0.25, -0.2) is 4.39 Å². The Morgan fingerprint density at radius 2 is 1.95 bits per heavy atom. The molecule has 2 atom stereocenters. The molecule has 21 heavy (non-hydrogen) atoms. The van der Waals surface area contributed by atoms with Crippen LogP contribution in [0.4, 0.5) is 4.39 Å². The smallest absolute Gasteiger partial charge is 0.165 e.